The van der Waals surface area contributed by atoms with Crippen LogP contribution in [0, 0.1) is 13.8 Å². The quantitative estimate of drug-likeness (QED) is 0.715. The van der Waals surface area contributed by atoms with Crippen LogP contribution in [-0.4, -0.2) is 17.6 Å². The summed E-state index contributed by atoms with van der Waals surface area (Å²) in [6, 6.07) is 14.0. The van der Waals surface area contributed by atoms with Crippen molar-refractivity contribution in [3.05, 3.63) is 59.2 Å². The van der Waals surface area contributed by atoms with Gasteiger partial charge >= 0.3 is 5.97 Å². The van der Waals surface area contributed by atoms with Gasteiger partial charge in [-0.3, -0.25) is 0 Å². The van der Waals surface area contributed by atoms with Gasteiger partial charge in [0.1, 0.15) is 0 Å². The second kappa shape index (κ2) is 5.68. The normalized spacial score (nSPS) is 10.9. The van der Waals surface area contributed by atoms with Crippen LogP contribution in [0.3, 0.4) is 0 Å². The minimum atomic E-state index is -0.280. The van der Waals surface area contributed by atoms with E-state index in [1.807, 2.05) is 50.2 Å². The molecule has 0 amide bonds. The Morgan fingerprint density at radius 2 is 1.86 bits per heavy atom. The molecule has 22 heavy (non-hydrogen) atoms. The standard InChI is InChI=1S/C19H19NO2/c1-4-22-19(21)16-15-11-12(2)10-13(3)17(15)20-18(16)14-8-6-5-7-9-14/h5-11,20H,4H2,1-3H3. The lowest BCUT2D eigenvalue weighted by molar-refractivity contribution is 0.0529. The van der Waals surface area contributed by atoms with Crippen LogP contribution in [0.15, 0.2) is 42.5 Å². The van der Waals surface area contributed by atoms with Crippen LogP contribution in [0.5, 0.6) is 0 Å². The number of ether oxygens (including phenoxy) is 1. The van der Waals surface area contributed by atoms with E-state index in [4.69, 9.17) is 4.74 Å². The van der Waals surface area contributed by atoms with E-state index in [1.54, 1.807) is 0 Å². The summed E-state index contributed by atoms with van der Waals surface area (Å²) < 4.78 is 5.28. The Bertz CT molecular complexity index is 832. The van der Waals surface area contributed by atoms with Crippen LogP contribution in [-0.2, 0) is 4.74 Å². The highest BCUT2D eigenvalue weighted by Crippen LogP contribution is 2.33. The molecule has 0 spiro atoms. The molecule has 0 atom stereocenters. The SMILES string of the molecule is CCOC(=O)c1c(-c2ccccc2)[nH]c2c(C)cc(C)cc12. The topological polar surface area (TPSA) is 42.1 Å². The van der Waals surface area contributed by atoms with Crippen molar-refractivity contribution in [2.75, 3.05) is 6.61 Å². The van der Waals surface area contributed by atoms with E-state index in [1.165, 1.54) is 0 Å². The van der Waals surface area contributed by atoms with E-state index < -0.39 is 0 Å². The molecule has 0 saturated heterocycles. The predicted molar refractivity (Wildman–Crippen MR) is 89.2 cm³/mol. The van der Waals surface area contributed by atoms with Gasteiger partial charge in [0.25, 0.3) is 0 Å². The van der Waals surface area contributed by atoms with Crippen molar-refractivity contribution >= 4 is 16.9 Å². The smallest absolute Gasteiger partial charge is 0.340 e. The van der Waals surface area contributed by atoms with E-state index in [2.05, 4.69) is 18.0 Å². The van der Waals surface area contributed by atoms with Crippen molar-refractivity contribution in [1.29, 1.82) is 0 Å². The molecule has 0 saturated carbocycles. The van der Waals surface area contributed by atoms with Gasteiger partial charge in [-0.2, -0.15) is 0 Å². The third kappa shape index (κ3) is 2.39. The number of aromatic nitrogens is 1. The second-order valence-corrected chi connectivity index (χ2v) is 5.47. The molecule has 0 radical (unpaired) electrons. The average Bonchev–Trinajstić information content (AvgIpc) is 2.88. The molecule has 0 unspecified atom stereocenters. The van der Waals surface area contributed by atoms with Crippen molar-refractivity contribution < 1.29 is 9.53 Å². The number of benzene rings is 2. The zero-order valence-electron chi connectivity index (χ0n) is 13.1. The molecule has 3 aromatic rings. The van der Waals surface area contributed by atoms with Crippen molar-refractivity contribution in [1.82, 2.24) is 4.98 Å². The lowest BCUT2D eigenvalue weighted by Crippen LogP contribution is -2.05. The molecule has 0 fully saturated rings. The van der Waals surface area contributed by atoms with Crippen molar-refractivity contribution in [3.63, 3.8) is 0 Å². The minimum absolute atomic E-state index is 0.280. The maximum atomic E-state index is 12.5. The first-order valence-electron chi connectivity index (χ1n) is 7.47. The second-order valence-electron chi connectivity index (χ2n) is 5.47. The van der Waals surface area contributed by atoms with Gasteiger partial charge in [0.2, 0.25) is 0 Å². The van der Waals surface area contributed by atoms with Crippen LogP contribution in [0.2, 0.25) is 0 Å². The van der Waals surface area contributed by atoms with E-state index in [0.29, 0.717) is 12.2 Å². The number of aromatic amines is 1. The summed E-state index contributed by atoms with van der Waals surface area (Å²) in [5, 5.41) is 0.926. The largest absolute Gasteiger partial charge is 0.462 e. The first-order chi connectivity index (χ1) is 10.6. The maximum absolute atomic E-state index is 12.5. The highest BCUT2D eigenvalue weighted by atomic mass is 16.5. The van der Waals surface area contributed by atoms with Gasteiger partial charge in [-0.1, -0.05) is 42.0 Å². The lowest BCUT2D eigenvalue weighted by atomic mass is 10.0. The number of hydrogen-bond acceptors (Lipinski definition) is 2. The molecule has 1 heterocycles. The Kier molecular flexibility index (Phi) is 3.72. The zero-order chi connectivity index (χ0) is 15.7. The highest BCUT2D eigenvalue weighted by molar-refractivity contribution is 6.11. The number of esters is 1. The highest BCUT2D eigenvalue weighted by Gasteiger charge is 2.21. The van der Waals surface area contributed by atoms with Crippen molar-refractivity contribution in [3.8, 4) is 11.3 Å². The monoisotopic (exact) mass is 293 g/mol. The number of H-pyrrole nitrogens is 1. The Balaban J connectivity index is 2.33. The van der Waals surface area contributed by atoms with Gasteiger partial charge in [0.05, 0.1) is 17.9 Å². The Morgan fingerprint density at radius 3 is 2.55 bits per heavy atom. The van der Waals surface area contributed by atoms with Crippen LogP contribution in [0.25, 0.3) is 22.2 Å². The van der Waals surface area contributed by atoms with E-state index in [0.717, 1.165) is 33.3 Å². The fourth-order valence-electron chi connectivity index (χ4n) is 2.89. The Morgan fingerprint density at radius 1 is 1.14 bits per heavy atom. The summed E-state index contributed by atoms with van der Waals surface area (Å²) >= 11 is 0. The third-order valence-corrected chi connectivity index (χ3v) is 3.79. The van der Waals surface area contributed by atoms with Gasteiger partial charge in [0, 0.05) is 10.9 Å². The predicted octanol–water partition coefficient (Wildman–Crippen LogP) is 4.63. The van der Waals surface area contributed by atoms with Crippen LogP contribution < -0.4 is 0 Å². The zero-order valence-corrected chi connectivity index (χ0v) is 13.1. The minimum Gasteiger partial charge on any atom is -0.462 e. The molecule has 3 heteroatoms. The van der Waals surface area contributed by atoms with E-state index in [-0.39, 0.29) is 5.97 Å². The molecular formula is C19H19NO2. The number of rotatable bonds is 3. The number of aryl methyl sites for hydroxylation is 2. The van der Waals surface area contributed by atoms with Gasteiger partial charge in [0.15, 0.2) is 0 Å². The first kappa shape index (κ1) is 14.4. The van der Waals surface area contributed by atoms with Gasteiger partial charge in [-0.05, 0) is 38.0 Å². The molecule has 0 aliphatic carbocycles. The number of hydrogen-bond donors (Lipinski definition) is 1. The van der Waals surface area contributed by atoms with Crippen molar-refractivity contribution in [2.24, 2.45) is 0 Å². The van der Waals surface area contributed by atoms with E-state index >= 15 is 0 Å². The van der Waals surface area contributed by atoms with Crippen LogP contribution in [0.1, 0.15) is 28.4 Å². The average molecular weight is 293 g/mol. The number of fused-ring (bicyclic) bond motifs is 1. The molecule has 3 rings (SSSR count). The number of carbonyl (C=O) groups is 1. The molecule has 0 aliphatic rings. The molecule has 0 bridgehead atoms. The molecule has 2 aromatic carbocycles. The molecule has 3 nitrogen and oxygen atoms in total. The Hall–Kier alpha value is -2.55. The number of nitrogens with one attached hydrogen (secondary N) is 1. The fourth-order valence-corrected chi connectivity index (χ4v) is 2.89. The molecule has 112 valence electrons. The van der Waals surface area contributed by atoms with E-state index in [9.17, 15) is 4.79 Å². The van der Waals surface area contributed by atoms with Crippen LogP contribution in [0.4, 0.5) is 0 Å². The summed E-state index contributed by atoms with van der Waals surface area (Å²) in [5.74, 6) is -0.280. The Labute approximate surface area is 129 Å². The molecular weight excluding hydrogens is 274 g/mol. The number of carbonyl (C=O) groups excluding carboxylic acids is 1. The van der Waals surface area contributed by atoms with Gasteiger partial charge in [-0.15, -0.1) is 0 Å². The van der Waals surface area contributed by atoms with Gasteiger partial charge < -0.3 is 9.72 Å². The van der Waals surface area contributed by atoms with Crippen molar-refractivity contribution in [2.45, 2.75) is 20.8 Å². The summed E-state index contributed by atoms with van der Waals surface area (Å²) in [5.41, 5.74) is 5.68. The molecule has 1 N–H and O–H groups in total. The third-order valence-electron chi connectivity index (χ3n) is 3.79. The fraction of sp³-hybridized carbons (Fsp3) is 0.211. The molecule has 0 aliphatic heterocycles. The van der Waals surface area contributed by atoms with Gasteiger partial charge in [-0.25, -0.2) is 4.79 Å². The summed E-state index contributed by atoms with van der Waals surface area (Å²) in [7, 11) is 0. The maximum Gasteiger partial charge on any atom is 0.340 e. The summed E-state index contributed by atoms with van der Waals surface area (Å²) in [6.45, 7) is 6.28. The van der Waals surface area contributed by atoms with Crippen LogP contribution >= 0.6 is 0 Å². The summed E-state index contributed by atoms with van der Waals surface area (Å²) in [6.07, 6.45) is 0. The lowest BCUT2D eigenvalue weighted by Gasteiger charge is -2.05. The summed E-state index contributed by atoms with van der Waals surface area (Å²) in [4.78, 5) is 15.9. The first-order valence-corrected chi connectivity index (χ1v) is 7.47. The molecule has 1 aromatic heterocycles.